The Kier molecular flexibility index (Phi) is 11.8. The summed E-state index contributed by atoms with van der Waals surface area (Å²) in [6.45, 7) is 14.2. The van der Waals surface area contributed by atoms with E-state index in [1.165, 1.54) is 9.80 Å². The Morgan fingerprint density at radius 2 is 0.900 bits per heavy atom. The van der Waals surface area contributed by atoms with Gasteiger partial charge < -0.3 is 18.9 Å². The minimum Gasteiger partial charge on any atom is -0.456 e. The zero-order chi connectivity index (χ0) is 37.0. The zero-order valence-electron chi connectivity index (χ0n) is 30.1. The molecule has 2 aliphatic heterocycles. The van der Waals surface area contributed by atoms with Gasteiger partial charge in [-0.3, -0.25) is 19.4 Å². The highest BCUT2D eigenvalue weighted by Crippen LogP contribution is 2.28. The molecule has 2 aromatic rings. The van der Waals surface area contributed by atoms with Crippen LogP contribution in [0.2, 0.25) is 0 Å². The van der Waals surface area contributed by atoms with Gasteiger partial charge in [-0.2, -0.15) is 0 Å². The van der Waals surface area contributed by atoms with E-state index in [0.717, 1.165) is 11.1 Å². The van der Waals surface area contributed by atoms with Crippen molar-refractivity contribution in [1.82, 2.24) is 9.80 Å². The van der Waals surface area contributed by atoms with Gasteiger partial charge in [0.15, 0.2) is 24.8 Å². The van der Waals surface area contributed by atoms with Gasteiger partial charge in [-0.1, -0.05) is 62.4 Å². The lowest BCUT2D eigenvalue weighted by atomic mass is 10.0. The molecular weight excluding hydrogens is 644 g/mol. The van der Waals surface area contributed by atoms with Crippen LogP contribution in [0.4, 0.5) is 9.59 Å². The van der Waals surface area contributed by atoms with Crippen molar-refractivity contribution in [3.63, 3.8) is 0 Å². The number of carbonyl (C=O) groups excluding carboxylic acids is 6. The molecule has 2 amide bonds. The highest BCUT2D eigenvalue weighted by Gasteiger charge is 2.42. The Morgan fingerprint density at radius 3 is 1.20 bits per heavy atom. The van der Waals surface area contributed by atoms with Crippen molar-refractivity contribution in [3.8, 4) is 11.1 Å². The molecule has 0 spiro atoms. The third-order valence-electron chi connectivity index (χ3n) is 8.26. The SMILES string of the molecule is C[C@H]1C[C@@H](C(=O)OCC(=O)c2ccc(-c3ccc(C(=O)COC(=O)[C@@H]4C[C@H](C)CN4C(=O)OC(C)(C)C)cc3)cc2)N(C(=O)OC(C)(C)C)C1. The summed E-state index contributed by atoms with van der Waals surface area (Å²) >= 11 is 0. The van der Waals surface area contributed by atoms with Gasteiger partial charge in [0.1, 0.15) is 23.3 Å². The minimum absolute atomic E-state index is 0.0809. The van der Waals surface area contributed by atoms with Crippen molar-refractivity contribution >= 4 is 35.7 Å². The summed E-state index contributed by atoms with van der Waals surface area (Å²) in [5, 5.41) is 0. The van der Waals surface area contributed by atoms with Crippen LogP contribution in [0.1, 0.15) is 88.9 Å². The molecule has 0 radical (unpaired) electrons. The Labute approximate surface area is 293 Å². The summed E-state index contributed by atoms with van der Waals surface area (Å²) < 4.78 is 21.5. The van der Waals surface area contributed by atoms with E-state index >= 15 is 0 Å². The van der Waals surface area contributed by atoms with E-state index < -0.39 is 72.2 Å². The minimum atomic E-state index is -0.817. The van der Waals surface area contributed by atoms with Crippen molar-refractivity contribution in [2.45, 2.75) is 91.5 Å². The third-order valence-corrected chi connectivity index (χ3v) is 8.26. The Morgan fingerprint density at radius 1 is 0.580 bits per heavy atom. The van der Waals surface area contributed by atoms with Crippen LogP contribution in [0.25, 0.3) is 11.1 Å². The van der Waals surface area contributed by atoms with Crippen LogP contribution in [0, 0.1) is 11.8 Å². The first-order valence-electron chi connectivity index (χ1n) is 16.9. The van der Waals surface area contributed by atoms with Gasteiger partial charge in [0, 0.05) is 24.2 Å². The number of nitrogens with zero attached hydrogens (tertiary/aromatic N) is 2. The molecule has 50 heavy (non-hydrogen) atoms. The average Bonchev–Trinajstić information content (AvgIpc) is 3.63. The summed E-state index contributed by atoms with van der Waals surface area (Å²) in [5.41, 5.74) is 0.851. The lowest BCUT2D eigenvalue weighted by Crippen LogP contribution is -2.44. The fourth-order valence-electron chi connectivity index (χ4n) is 5.91. The maximum atomic E-state index is 12.9. The third kappa shape index (κ3) is 10.1. The summed E-state index contributed by atoms with van der Waals surface area (Å²) in [4.78, 5) is 79.4. The van der Waals surface area contributed by atoms with Gasteiger partial charge in [-0.25, -0.2) is 19.2 Å². The quantitative estimate of drug-likeness (QED) is 0.172. The van der Waals surface area contributed by atoms with Crippen molar-refractivity contribution in [2.24, 2.45) is 11.8 Å². The van der Waals surface area contributed by atoms with Crippen molar-refractivity contribution in [2.75, 3.05) is 26.3 Å². The average molecular weight is 693 g/mol. The maximum Gasteiger partial charge on any atom is 0.411 e. The smallest absolute Gasteiger partial charge is 0.411 e. The highest BCUT2D eigenvalue weighted by molar-refractivity contribution is 5.99. The molecule has 0 N–H and O–H groups in total. The van der Waals surface area contributed by atoms with E-state index in [-0.39, 0.29) is 11.8 Å². The van der Waals surface area contributed by atoms with Crippen LogP contribution < -0.4 is 0 Å². The molecule has 0 aromatic heterocycles. The van der Waals surface area contributed by atoms with E-state index in [1.807, 2.05) is 13.8 Å². The van der Waals surface area contributed by atoms with Gasteiger partial charge in [0.2, 0.25) is 0 Å². The van der Waals surface area contributed by atoms with Crippen molar-refractivity contribution < 1.29 is 47.7 Å². The lowest BCUT2D eigenvalue weighted by molar-refractivity contribution is -0.148. The van der Waals surface area contributed by atoms with E-state index in [1.54, 1.807) is 90.1 Å². The number of carbonyl (C=O) groups is 6. The fraction of sp³-hybridized carbons (Fsp3) is 0.526. The first-order valence-corrected chi connectivity index (χ1v) is 16.9. The summed E-state index contributed by atoms with van der Waals surface area (Å²) in [7, 11) is 0. The summed E-state index contributed by atoms with van der Waals surface area (Å²) in [6.07, 6.45) is -0.335. The van der Waals surface area contributed by atoms with Crippen LogP contribution in [-0.4, -0.2) is 95.1 Å². The second-order valence-corrected chi connectivity index (χ2v) is 15.2. The molecule has 2 fully saturated rings. The van der Waals surface area contributed by atoms with Crippen LogP contribution >= 0.6 is 0 Å². The van der Waals surface area contributed by atoms with Gasteiger partial charge >= 0.3 is 24.1 Å². The number of ketones is 2. The van der Waals surface area contributed by atoms with Gasteiger partial charge in [-0.05, 0) is 77.3 Å². The summed E-state index contributed by atoms with van der Waals surface area (Å²) in [6, 6.07) is 11.8. The van der Waals surface area contributed by atoms with Crippen LogP contribution in [0.3, 0.4) is 0 Å². The largest absolute Gasteiger partial charge is 0.456 e. The van der Waals surface area contributed by atoms with Crippen molar-refractivity contribution in [1.29, 1.82) is 0 Å². The van der Waals surface area contributed by atoms with E-state index in [0.29, 0.717) is 37.1 Å². The number of rotatable bonds is 9. The molecule has 12 heteroatoms. The molecule has 0 aliphatic carbocycles. The second-order valence-electron chi connectivity index (χ2n) is 15.2. The van der Waals surface area contributed by atoms with Crippen LogP contribution in [-0.2, 0) is 28.5 Å². The molecule has 4 atom stereocenters. The number of ether oxygens (including phenoxy) is 4. The fourth-order valence-corrected chi connectivity index (χ4v) is 5.91. The Hall–Kier alpha value is -4.74. The molecule has 0 unspecified atom stereocenters. The highest BCUT2D eigenvalue weighted by atomic mass is 16.6. The summed E-state index contributed by atoms with van der Waals surface area (Å²) in [5.74, 6) is -1.92. The monoisotopic (exact) mass is 692 g/mol. The molecule has 0 saturated carbocycles. The number of hydrogen-bond donors (Lipinski definition) is 0. The Bertz CT molecular complexity index is 1470. The normalized spacial score (nSPS) is 20.6. The molecule has 2 heterocycles. The van der Waals surface area contributed by atoms with Gasteiger partial charge in [0.25, 0.3) is 0 Å². The zero-order valence-corrected chi connectivity index (χ0v) is 30.1. The predicted molar refractivity (Wildman–Crippen MR) is 183 cm³/mol. The second kappa shape index (κ2) is 15.4. The molecular formula is C38H48N2O10. The number of Topliss-reactive ketones (excluding diaryl/α,β-unsaturated/α-hetero) is 2. The van der Waals surface area contributed by atoms with Crippen LogP contribution in [0.15, 0.2) is 48.5 Å². The number of amides is 2. The molecule has 270 valence electrons. The standard InChI is InChI=1S/C38H48N2O10/c1-23-17-29(39(19-23)35(45)49-37(3,4)5)33(43)47-21-31(41)27-13-9-25(10-14-27)26-11-15-28(16-12-26)32(42)22-48-34(44)30-18-24(2)20-40(30)36(46)50-38(6,7)8/h9-16,23-24,29-30H,17-22H2,1-8H3/t23-,24-,29-,30-/m0/s1. The molecule has 2 aliphatic rings. The molecule has 12 nitrogen and oxygen atoms in total. The number of esters is 2. The first kappa shape index (κ1) is 38.1. The molecule has 2 aromatic carbocycles. The molecule has 0 bridgehead atoms. The maximum absolute atomic E-state index is 12.9. The van der Waals surface area contributed by atoms with Crippen molar-refractivity contribution in [3.05, 3.63) is 59.7 Å². The first-order chi connectivity index (χ1) is 23.3. The number of likely N-dealkylation sites (tertiary alicyclic amines) is 2. The number of hydrogen-bond acceptors (Lipinski definition) is 10. The number of benzene rings is 2. The van der Waals surface area contributed by atoms with E-state index in [2.05, 4.69) is 0 Å². The Balaban J connectivity index is 1.28. The van der Waals surface area contributed by atoms with Crippen LogP contribution in [0.5, 0.6) is 0 Å². The molecule has 2 saturated heterocycles. The topological polar surface area (TPSA) is 146 Å². The lowest BCUT2D eigenvalue weighted by Gasteiger charge is -2.27. The van der Waals surface area contributed by atoms with E-state index in [4.69, 9.17) is 18.9 Å². The van der Waals surface area contributed by atoms with E-state index in [9.17, 15) is 28.8 Å². The van der Waals surface area contributed by atoms with Gasteiger partial charge in [-0.15, -0.1) is 0 Å². The predicted octanol–water partition coefficient (Wildman–Crippen LogP) is 6.10. The molecule has 4 rings (SSSR count). The van der Waals surface area contributed by atoms with Gasteiger partial charge in [0.05, 0.1) is 0 Å².